The fourth-order valence-electron chi connectivity index (χ4n) is 1.45. The van der Waals surface area contributed by atoms with E-state index >= 15 is 0 Å². The van der Waals surface area contributed by atoms with Crippen LogP contribution in [0.25, 0.3) is 0 Å². The largest absolute Gasteiger partial charge is 1.00 e. The molecule has 0 fully saturated rings. The van der Waals surface area contributed by atoms with Crippen molar-refractivity contribution in [3.63, 3.8) is 0 Å². The summed E-state index contributed by atoms with van der Waals surface area (Å²) >= 11 is -0.0594. The van der Waals surface area contributed by atoms with Crippen molar-refractivity contribution >= 4 is 33.2 Å². The van der Waals surface area contributed by atoms with Crippen molar-refractivity contribution in [3.8, 4) is 0 Å². The zero-order valence-electron chi connectivity index (χ0n) is 21.0. The second kappa shape index (κ2) is 42.6. The van der Waals surface area contributed by atoms with Gasteiger partial charge >= 0.3 is 0 Å². The molecule has 0 aliphatic carbocycles. The number of rotatable bonds is 18. The van der Waals surface area contributed by atoms with Crippen molar-refractivity contribution in [1.82, 2.24) is 0 Å². The highest BCUT2D eigenvalue weighted by atomic mass is 32.2. The third kappa shape index (κ3) is 50.4. The molecule has 0 rings (SSSR count). The van der Waals surface area contributed by atoms with Gasteiger partial charge in [0.05, 0.1) is 72.9 Å². The molecule has 210 valence electrons. The summed E-state index contributed by atoms with van der Waals surface area (Å²) in [6.45, 7) is 4.52. The van der Waals surface area contributed by atoms with Gasteiger partial charge in [-0.25, -0.2) is 0 Å². The molecule has 33 heavy (non-hydrogen) atoms. The molecule has 0 spiro atoms. The van der Waals surface area contributed by atoms with E-state index in [-0.39, 0.29) is 47.4 Å². The molecule has 0 aromatic heterocycles. The van der Waals surface area contributed by atoms with Crippen molar-refractivity contribution in [2.75, 3.05) is 117 Å². The lowest BCUT2D eigenvalue weighted by atomic mass is 10.8. The highest BCUT2D eigenvalue weighted by Crippen LogP contribution is 1.88. The van der Waals surface area contributed by atoms with Crippen LogP contribution in [0.5, 0.6) is 0 Å². The number of halogens is 3. The number of nitrogens with two attached hydrogens (primary N) is 3. The van der Waals surface area contributed by atoms with E-state index in [4.69, 9.17) is 43.8 Å². The summed E-state index contributed by atoms with van der Waals surface area (Å²) in [5.41, 5.74) is 0. The smallest absolute Gasteiger partial charge is 0.150 e. The van der Waals surface area contributed by atoms with Gasteiger partial charge in [0.15, 0.2) is 34.5 Å². The van der Waals surface area contributed by atoms with Crippen molar-refractivity contribution in [2.45, 2.75) is 0 Å². The molecular formula is C18H48F3N3O6S3. The average Bonchev–Trinajstić information content (AvgIpc) is 2.76. The Kier molecular flexibility index (Phi) is 60.4. The summed E-state index contributed by atoms with van der Waals surface area (Å²) in [4.78, 5) is 0. The molecule has 0 atom stereocenters. The molecule has 0 aliphatic heterocycles. The first-order valence-corrected chi connectivity index (χ1v) is 14.5. The van der Waals surface area contributed by atoms with E-state index in [0.717, 1.165) is 74.2 Å². The van der Waals surface area contributed by atoms with Gasteiger partial charge in [0.2, 0.25) is 0 Å². The van der Waals surface area contributed by atoms with Gasteiger partial charge in [-0.2, -0.15) is 15.4 Å². The topological polar surface area (TPSA) is 133 Å². The second-order valence-corrected chi connectivity index (χ2v) is 11.5. The van der Waals surface area contributed by atoms with E-state index < -0.39 is 0 Å². The number of ether oxygens (including phenoxy) is 6. The Balaban J connectivity index is -0.0000000792. The predicted molar refractivity (Wildman–Crippen MR) is 135 cm³/mol. The van der Waals surface area contributed by atoms with Crippen LogP contribution in [-0.2, 0) is 61.7 Å². The van der Waals surface area contributed by atoms with Crippen LogP contribution in [0, 0.1) is 0 Å². The zero-order valence-corrected chi connectivity index (χ0v) is 23.5. The van der Waals surface area contributed by atoms with Crippen LogP contribution in [0.4, 0.5) is 0 Å². The summed E-state index contributed by atoms with van der Waals surface area (Å²) in [6.07, 6.45) is 0. The fourth-order valence-corrected chi connectivity index (χ4v) is 4.35. The Labute approximate surface area is 208 Å². The normalized spacial score (nSPS) is 9.82. The van der Waals surface area contributed by atoms with Gasteiger partial charge in [-0.05, 0) is 0 Å². The van der Waals surface area contributed by atoms with Crippen LogP contribution in [-0.4, -0.2) is 117 Å². The SMILES string of the molecule is COCC[S+](N)CCOC.COCC[S+](N)CCOC.COCC[S+](N)CCOC.[F-].[F-].[F-]. The predicted octanol–water partition coefficient (Wildman–Crippen LogP) is -9.67. The summed E-state index contributed by atoms with van der Waals surface area (Å²) in [6, 6.07) is 0. The fraction of sp³-hybridized carbons (Fsp3) is 1.00. The lowest BCUT2D eigenvalue weighted by molar-refractivity contribution is -0.00100. The lowest BCUT2D eigenvalue weighted by Crippen LogP contribution is -3.00. The Bertz CT molecular complexity index is 252. The molecule has 0 bridgehead atoms. The molecule has 0 aliphatic rings. The number of methoxy groups -OCH3 is 6. The van der Waals surface area contributed by atoms with Gasteiger partial charge in [0.1, 0.15) is 0 Å². The van der Waals surface area contributed by atoms with Crippen LogP contribution in [0.1, 0.15) is 0 Å². The van der Waals surface area contributed by atoms with Crippen molar-refractivity contribution in [1.29, 1.82) is 0 Å². The zero-order chi connectivity index (χ0) is 23.5. The van der Waals surface area contributed by atoms with Crippen LogP contribution in [0.15, 0.2) is 0 Å². The Morgan fingerprint density at radius 1 is 0.364 bits per heavy atom. The summed E-state index contributed by atoms with van der Waals surface area (Å²) in [5.74, 6) is 5.67. The molecule has 0 saturated carbocycles. The Morgan fingerprint density at radius 3 is 0.576 bits per heavy atom. The minimum absolute atomic E-state index is 0. The van der Waals surface area contributed by atoms with Gasteiger partial charge in [-0.3, -0.25) is 0 Å². The highest BCUT2D eigenvalue weighted by molar-refractivity contribution is 7.95. The summed E-state index contributed by atoms with van der Waals surface area (Å²) in [7, 11) is 10.1. The molecule has 6 N–H and O–H groups in total. The second-order valence-electron chi connectivity index (χ2n) is 5.79. The molecule has 15 heteroatoms. The molecule has 9 nitrogen and oxygen atoms in total. The maximum atomic E-state index is 5.71. The quantitative estimate of drug-likeness (QED) is 0.141. The standard InChI is InChI=1S/3C6H16NO2S.3FH/c3*1-8-3-5-10(7)6-4-9-2;;;/h3*3-7H2,1-2H3;3*1H/q3*+1;;;/p-3. The van der Waals surface area contributed by atoms with Crippen LogP contribution >= 0.6 is 0 Å². The monoisotopic (exact) mass is 555 g/mol. The first kappa shape index (κ1) is 46.8. The van der Waals surface area contributed by atoms with E-state index in [1.807, 2.05) is 0 Å². The minimum atomic E-state index is -0.0198. The maximum Gasteiger partial charge on any atom is 0.150 e. The third-order valence-electron chi connectivity index (χ3n) is 3.30. The van der Waals surface area contributed by atoms with Gasteiger partial charge in [-0.15, -0.1) is 0 Å². The van der Waals surface area contributed by atoms with Gasteiger partial charge < -0.3 is 42.5 Å². The third-order valence-corrected chi connectivity index (χ3v) is 7.44. The van der Waals surface area contributed by atoms with Crippen LogP contribution < -0.4 is 29.5 Å². The maximum absolute atomic E-state index is 5.71. The lowest BCUT2D eigenvalue weighted by Gasteiger charge is -1.99. The van der Waals surface area contributed by atoms with E-state index in [1.165, 1.54) is 0 Å². The van der Waals surface area contributed by atoms with Gasteiger partial charge in [0, 0.05) is 42.7 Å². The molecule has 0 heterocycles. The van der Waals surface area contributed by atoms with E-state index in [9.17, 15) is 0 Å². The van der Waals surface area contributed by atoms with Gasteiger partial charge in [0.25, 0.3) is 0 Å². The van der Waals surface area contributed by atoms with E-state index in [1.54, 1.807) is 42.7 Å². The Morgan fingerprint density at radius 2 is 0.485 bits per heavy atom. The molecule has 0 aromatic carbocycles. The molecule has 0 aromatic rings. The minimum Gasteiger partial charge on any atom is -1.00 e. The first-order chi connectivity index (χ1) is 14.4. The van der Waals surface area contributed by atoms with Crippen molar-refractivity contribution in [2.24, 2.45) is 15.4 Å². The van der Waals surface area contributed by atoms with Crippen molar-refractivity contribution < 1.29 is 42.5 Å². The van der Waals surface area contributed by atoms with E-state index in [0.29, 0.717) is 0 Å². The highest BCUT2D eigenvalue weighted by Gasteiger charge is 2.11. The average molecular weight is 556 g/mol. The molecule has 0 unspecified atom stereocenters. The molecular weight excluding hydrogens is 507 g/mol. The number of hydrogen-bond acceptors (Lipinski definition) is 9. The number of hydrogen-bond donors (Lipinski definition) is 3. The van der Waals surface area contributed by atoms with Crippen LogP contribution in [0.2, 0.25) is 0 Å². The van der Waals surface area contributed by atoms with E-state index in [2.05, 4.69) is 0 Å². The summed E-state index contributed by atoms with van der Waals surface area (Å²) in [5, 5.41) is 17.1. The van der Waals surface area contributed by atoms with Crippen molar-refractivity contribution in [3.05, 3.63) is 0 Å². The van der Waals surface area contributed by atoms with Gasteiger partial charge in [-0.1, -0.05) is 0 Å². The first-order valence-electron chi connectivity index (χ1n) is 9.62. The molecule has 0 amide bonds. The van der Waals surface area contributed by atoms with Crippen LogP contribution in [0.3, 0.4) is 0 Å². The Hall–Kier alpha value is 0.480. The molecule has 0 radical (unpaired) electrons. The molecule has 0 saturated heterocycles. The summed E-state index contributed by atoms with van der Waals surface area (Å²) < 4.78 is 29.3.